The van der Waals surface area contributed by atoms with Crippen LogP contribution in [0.15, 0.2) is 6.07 Å². The lowest BCUT2D eigenvalue weighted by Gasteiger charge is -2.18. The number of hydrogen-bond donors (Lipinski definition) is 1. The minimum Gasteiger partial charge on any atom is -0.493 e. The zero-order valence-corrected chi connectivity index (χ0v) is 11.5. The molecule has 1 aromatic rings. The molecule has 4 nitrogen and oxygen atoms in total. The van der Waals surface area contributed by atoms with Crippen LogP contribution in [0.3, 0.4) is 0 Å². The van der Waals surface area contributed by atoms with Gasteiger partial charge in [-0.05, 0) is 12.8 Å². The molecule has 100 valence electrons. The molecule has 0 bridgehead atoms. The van der Waals surface area contributed by atoms with Crippen LogP contribution in [0.2, 0.25) is 5.02 Å². The SMILES string of the molecule is COc1cc(Cl)c(CC2(O)CC2)c(OC)c1OC. The molecule has 2 rings (SSSR count). The first-order valence-electron chi connectivity index (χ1n) is 5.74. The summed E-state index contributed by atoms with van der Waals surface area (Å²) >= 11 is 6.23. The summed E-state index contributed by atoms with van der Waals surface area (Å²) in [5, 5.41) is 10.5. The van der Waals surface area contributed by atoms with Crippen LogP contribution < -0.4 is 14.2 Å². The second kappa shape index (κ2) is 4.86. The number of halogens is 1. The van der Waals surface area contributed by atoms with E-state index in [1.807, 2.05) is 0 Å². The van der Waals surface area contributed by atoms with Crippen LogP contribution >= 0.6 is 11.6 Å². The number of benzene rings is 1. The normalized spacial score (nSPS) is 16.3. The minimum atomic E-state index is -0.642. The zero-order chi connectivity index (χ0) is 13.3. The average Bonchev–Trinajstić information content (AvgIpc) is 3.08. The second-order valence-electron chi connectivity index (χ2n) is 4.51. The molecule has 0 amide bonds. The van der Waals surface area contributed by atoms with Gasteiger partial charge < -0.3 is 19.3 Å². The molecule has 0 saturated heterocycles. The number of methoxy groups -OCH3 is 3. The van der Waals surface area contributed by atoms with Crippen molar-refractivity contribution in [1.82, 2.24) is 0 Å². The molecule has 1 aliphatic rings. The molecular formula is C13H17ClO4. The molecule has 1 fully saturated rings. The van der Waals surface area contributed by atoms with E-state index in [0.29, 0.717) is 28.7 Å². The van der Waals surface area contributed by atoms with Gasteiger partial charge in [-0.25, -0.2) is 0 Å². The summed E-state index contributed by atoms with van der Waals surface area (Å²) in [6, 6.07) is 1.68. The molecule has 1 saturated carbocycles. The van der Waals surface area contributed by atoms with Crippen molar-refractivity contribution in [3.05, 3.63) is 16.7 Å². The summed E-state index contributed by atoms with van der Waals surface area (Å²) in [7, 11) is 4.64. The molecule has 1 aliphatic carbocycles. The fourth-order valence-electron chi connectivity index (χ4n) is 2.00. The third kappa shape index (κ3) is 2.35. The predicted molar refractivity (Wildman–Crippen MR) is 69.0 cm³/mol. The van der Waals surface area contributed by atoms with E-state index >= 15 is 0 Å². The molecule has 0 aromatic heterocycles. The second-order valence-corrected chi connectivity index (χ2v) is 4.91. The molecule has 1 aromatic carbocycles. The van der Waals surface area contributed by atoms with E-state index in [1.54, 1.807) is 27.4 Å². The van der Waals surface area contributed by atoms with Crippen LogP contribution in [0.1, 0.15) is 18.4 Å². The van der Waals surface area contributed by atoms with Crippen molar-refractivity contribution in [3.63, 3.8) is 0 Å². The highest BCUT2D eigenvalue weighted by molar-refractivity contribution is 6.31. The van der Waals surface area contributed by atoms with Crippen LogP contribution in [-0.4, -0.2) is 32.0 Å². The summed E-state index contributed by atoms with van der Waals surface area (Å²) in [5.74, 6) is 1.55. The fourth-order valence-corrected chi connectivity index (χ4v) is 2.25. The van der Waals surface area contributed by atoms with Crippen molar-refractivity contribution in [2.24, 2.45) is 0 Å². The Labute approximate surface area is 111 Å². The Kier molecular flexibility index (Phi) is 3.59. The summed E-state index contributed by atoms with van der Waals surface area (Å²) in [6.45, 7) is 0. The quantitative estimate of drug-likeness (QED) is 0.894. The van der Waals surface area contributed by atoms with Crippen molar-refractivity contribution in [3.8, 4) is 17.2 Å². The number of hydrogen-bond acceptors (Lipinski definition) is 4. The topological polar surface area (TPSA) is 47.9 Å². The van der Waals surface area contributed by atoms with Crippen molar-refractivity contribution in [2.45, 2.75) is 24.9 Å². The molecule has 5 heteroatoms. The van der Waals surface area contributed by atoms with Gasteiger partial charge in [0.25, 0.3) is 0 Å². The van der Waals surface area contributed by atoms with Crippen LogP contribution in [-0.2, 0) is 6.42 Å². The van der Waals surface area contributed by atoms with Gasteiger partial charge in [-0.15, -0.1) is 0 Å². The van der Waals surface area contributed by atoms with Gasteiger partial charge in [0.1, 0.15) is 0 Å². The van der Waals surface area contributed by atoms with E-state index in [-0.39, 0.29) is 0 Å². The summed E-state index contributed by atoms with van der Waals surface area (Å²) in [6.07, 6.45) is 2.05. The first kappa shape index (κ1) is 13.3. The smallest absolute Gasteiger partial charge is 0.203 e. The molecule has 0 heterocycles. The van der Waals surface area contributed by atoms with Crippen LogP contribution in [0, 0.1) is 0 Å². The molecule has 18 heavy (non-hydrogen) atoms. The maximum absolute atomic E-state index is 10.0. The van der Waals surface area contributed by atoms with E-state index in [2.05, 4.69) is 0 Å². The Hall–Kier alpha value is -1.13. The van der Waals surface area contributed by atoms with Gasteiger partial charge >= 0.3 is 0 Å². The van der Waals surface area contributed by atoms with E-state index in [1.165, 1.54) is 0 Å². The largest absolute Gasteiger partial charge is 0.493 e. The number of aliphatic hydroxyl groups is 1. The summed E-state index contributed by atoms with van der Waals surface area (Å²) in [4.78, 5) is 0. The number of ether oxygens (including phenoxy) is 3. The third-order valence-corrected chi connectivity index (χ3v) is 3.55. The van der Waals surface area contributed by atoms with E-state index in [0.717, 1.165) is 18.4 Å². The monoisotopic (exact) mass is 272 g/mol. The lowest BCUT2D eigenvalue weighted by molar-refractivity contribution is 0.149. The molecule has 1 N–H and O–H groups in total. The van der Waals surface area contributed by atoms with Crippen molar-refractivity contribution < 1.29 is 19.3 Å². The van der Waals surface area contributed by atoms with Gasteiger partial charge in [-0.3, -0.25) is 0 Å². The van der Waals surface area contributed by atoms with Gasteiger partial charge in [0, 0.05) is 18.1 Å². The lowest BCUT2D eigenvalue weighted by atomic mass is 10.0. The van der Waals surface area contributed by atoms with Gasteiger partial charge in [-0.1, -0.05) is 11.6 Å². The number of rotatable bonds is 5. The van der Waals surface area contributed by atoms with Crippen molar-refractivity contribution in [2.75, 3.05) is 21.3 Å². The van der Waals surface area contributed by atoms with Crippen LogP contribution in [0.5, 0.6) is 17.2 Å². The molecular weight excluding hydrogens is 256 g/mol. The molecule has 0 aliphatic heterocycles. The van der Waals surface area contributed by atoms with Gasteiger partial charge in [0.2, 0.25) is 5.75 Å². The summed E-state index contributed by atoms with van der Waals surface area (Å²) < 4.78 is 15.9. The third-order valence-electron chi connectivity index (χ3n) is 3.21. The Bertz CT molecular complexity index is 455. The molecule has 0 atom stereocenters. The Morgan fingerprint density at radius 1 is 1.17 bits per heavy atom. The predicted octanol–water partition coefficient (Wildman–Crippen LogP) is 2.43. The van der Waals surface area contributed by atoms with Gasteiger partial charge in [-0.2, -0.15) is 0 Å². The van der Waals surface area contributed by atoms with Crippen LogP contribution in [0.25, 0.3) is 0 Å². The standard InChI is InChI=1S/C13H17ClO4/c1-16-10-6-9(14)8(7-13(15)4-5-13)11(17-2)12(10)18-3/h6,15H,4-5,7H2,1-3H3. The van der Waals surface area contributed by atoms with Gasteiger partial charge in [0.05, 0.1) is 32.0 Å². The fraction of sp³-hybridized carbons (Fsp3) is 0.538. The molecule has 0 unspecified atom stereocenters. The van der Waals surface area contributed by atoms with E-state index in [9.17, 15) is 5.11 Å². The van der Waals surface area contributed by atoms with Crippen molar-refractivity contribution >= 4 is 11.6 Å². The van der Waals surface area contributed by atoms with E-state index in [4.69, 9.17) is 25.8 Å². The van der Waals surface area contributed by atoms with Crippen molar-refractivity contribution in [1.29, 1.82) is 0 Å². The Morgan fingerprint density at radius 3 is 2.22 bits per heavy atom. The zero-order valence-electron chi connectivity index (χ0n) is 10.7. The summed E-state index contributed by atoms with van der Waals surface area (Å²) in [5.41, 5.74) is 0.119. The minimum absolute atomic E-state index is 0.468. The first-order chi connectivity index (χ1) is 8.54. The lowest BCUT2D eigenvalue weighted by Crippen LogP contribution is -2.12. The van der Waals surface area contributed by atoms with Crippen LogP contribution in [0.4, 0.5) is 0 Å². The molecule has 0 radical (unpaired) electrons. The average molecular weight is 273 g/mol. The highest BCUT2D eigenvalue weighted by atomic mass is 35.5. The van der Waals surface area contributed by atoms with E-state index < -0.39 is 5.60 Å². The maximum atomic E-state index is 10.0. The Balaban J connectivity index is 2.49. The van der Waals surface area contributed by atoms with Gasteiger partial charge in [0.15, 0.2) is 11.5 Å². The molecule has 0 spiro atoms. The highest BCUT2D eigenvalue weighted by Gasteiger charge is 2.42. The maximum Gasteiger partial charge on any atom is 0.203 e. The Morgan fingerprint density at radius 2 is 1.78 bits per heavy atom. The first-order valence-corrected chi connectivity index (χ1v) is 6.12. The highest BCUT2D eigenvalue weighted by Crippen LogP contribution is 2.48.